The number of nitrogens with zero attached hydrogens (tertiary/aromatic N) is 2. The first kappa shape index (κ1) is 19.6. The number of hydrogen-bond acceptors (Lipinski definition) is 4. The molecule has 6 rings (SSSR count). The number of anilines is 2. The Bertz CT molecular complexity index is 1080. The Balaban J connectivity index is 1.53. The van der Waals surface area contributed by atoms with Crippen molar-refractivity contribution in [2.24, 2.45) is 17.3 Å². The summed E-state index contributed by atoms with van der Waals surface area (Å²) in [6.45, 7) is 4.03. The first-order chi connectivity index (χ1) is 14.2. The summed E-state index contributed by atoms with van der Waals surface area (Å²) in [5.74, 6) is -0.0565. The minimum atomic E-state index is -0.728. The Hall–Kier alpha value is -2.34. The van der Waals surface area contributed by atoms with E-state index >= 15 is 0 Å². The fourth-order valence-corrected chi connectivity index (χ4v) is 6.95. The molecule has 4 fully saturated rings. The van der Waals surface area contributed by atoms with E-state index in [1.165, 1.54) is 4.68 Å². The number of rotatable bonds is 4. The van der Waals surface area contributed by atoms with Gasteiger partial charge in [0.2, 0.25) is 0 Å². The SMILES string of the molecule is Cc1cc(C)cc(Nc2cnn(C34CC5CC(CC(C(=O)O)(C5)C3)C4)c(=O)c2Cl)c1. The molecule has 6 nitrogen and oxygen atoms in total. The first-order valence-corrected chi connectivity index (χ1v) is 10.9. The van der Waals surface area contributed by atoms with Gasteiger partial charge in [-0.15, -0.1) is 0 Å². The van der Waals surface area contributed by atoms with Gasteiger partial charge in [-0.25, -0.2) is 4.68 Å². The Morgan fingerprint density at radius 2 is 1.80 bits per heavy atom. The molecule has 4 aliphatic carbocycles. The molecular weight excluding hydrogens is 402 g/mol. The van der Waals surface area contributed by atoms with E-state index in [9.17, 15) is 14.7 Å². The van der Waals surface area contributed by atoms with Crippen molar-refractivity contribution in [2.45, 2.75) is 57.9 Å². The van der Waals surface area contributed by atoms with Gasteiger partial charge in [-0.05, 0) is 87.5 Å². The van der Waals surface area contributed by atoms with Crippen molar-refractivity contribution in [2.75, 3.05) is 5.32 Å². The van der Waals surface area contributed by atoms with Crippen LogP contribution in [0.3, 0.4) is 0 Å². The van der Waals surface area contributed by atoms with Crippen LogP contribution in [0.15, 0.2) is 29.2 Å². The highest BCUT2D eigenvalue weighted by molar-refractivity contribution is 6.33. The molecule has 4 saturated carbocycles. The van der Waals surface area contributed by atoms with Crippen molar-refractivity contribution >= 4 is 28.9 Å². The quantitative estimate of drug-likeness (QED) is 0.742. The number of nitrogens with one attached hydrogen (secondary N) is 1. The molecule has 158 valence electrons. The summed E-state index contributed by atoms with van der Waals surface area (Å²) in [4.78, 5) is 25.4. The Kier molecular flexibility index (Phi) is 4.30. The summed E-state index contributed by atoms with van der Waals surface area (Å²) in [6.07, 6.45) is 6.19. The van der Waals surface area contributed by atoms with E-state index in [0.29, 0.717) is 23.9 Å². The zero-order valence-electron chi connectivity index (χ0n) is 17.2. The van der Waals surface area contributed by atoms with Gasteiger partial charge in [0, 0.05) is 5.69 Å². The molecule has 2 aromatic rings. The van der Waals surface area contributed by atoms with Crippen LogP contribution in [0, 0.1) is 31.1 Å². The molecule has 0 spiro atoms. The molecule has 2 atom stereocenters. The highest BCUT2D eigenvalue weighted by Crippen LogP contribution is 2.63. The van der Waals surface area contributed by atoms with Crippen LogP contribution in [0.4, 0.5) is 11.4 Å². The lowest BCUT2D eigenvalue weighted by atomic mass is 9.47. The number of hydrogen-bond donors (Lipinski definition) is 2. The largest absolute Gasteiger partial charge is 0.481 e. The third kappa shape index (κ3) is 2.96. The van der Waals surface area contributed by atoms with Crippen molar-refractivity contribution in [3.05, 3.63) is 50.9 Å². The molecule has 4 aliphatic rings. The maximum atomic E-state index is 13.3. The van der Waals surface area contributed by atoms with Gasteiger partial charge in [0.05, 0.1) is 22.8 Å². The predicted octanol–water partition coefficient (Wildman–Crippen LogP) is 4.64. The minimum absolute atomic E-state index is 0.101. The van der Waals surface area contributed by atoms with Crippen molar-refractivity contribution in [1.82, 2.24) is 9.78 Å². The Labute approximate surface area is 180 Å². The third-order valence-corrected chi connectivity index (χ3v) is 7.72. The second-order valence-electron chi connectivity index (χ2n) is 9.86. The molecule has 1 heterocycles. The van der Waals surface area contributed by atoms with Crippen LogP contribution in [0.25, 0.3) is 0 Å². The second kappa shape index (κ2) is 6.58. The van der Waals surface area contributed by atoms with Gasteiger partial charge in [-0.3, -0.25) is 9.59 Å². The van der Waals surface area contributed by atoms with E-state index in [4.69, 9.17) is 11.6 Å². The average molecular weight is 428 g/mol. The topological polar surface area (TPSA) is 84.2 Å². The molecule has 4 bridgehead atoms. The molecular formula is C23H26ClN3O3. The normalized spacial score (nSPS) is 31.7. The van der Waals surface area contributed by atoms with Gasteiger partial charge in [0.25, 0.3) is 5.56 Å². The molecule has 0 radical (unpaired) electrons. The van der Waals surface area contributed by atoms with Crippen LogP contribution in [-0.2, 0) is 10.3 Å². The van der Waals surface area contributed by atoms with Crippen molar-refractivity contribution < 1.29 is 9.90 Å². The smallest absolute Gasteiger partial charge is 0.309 e. The van der Waals surface area contributed by atoms with Gasteiger partial charge in [0.15, 0.2) is 0 Å². The molecule has 0 amide bonds. The van der Waals surface area contributed by atoms with Crippen molar-refractivity contribution in [1.29, 1.82) is 0 Å². The molecule has 0 aliphatic heterocycles. The Morgan fingerprint density at radius 1 is 1.17 bits per heavy atom. The zero-order valence-corrected chi connectivity index (χ0v) is 18.0. The number of carboxylic acids is 1. The number of halogens is 1. The van der Waals surface area contributed by atoms with Crippen molar-refractivity contribution in [3.63, 3.8) is 0 Å². The van der Waals surface area contributed by atoms with Gasteiger partial charge in [-0.2, -0.15) is 5.10 Å². The molecule has 1 aromatic carbocycles. The average Bonchev–Trinajstić information content (AvgIpc) is 2.63. The highest BCUT2D eigenvalue weighted by atomic mass is 35.5. The van der Waals surface area contributed by atoms with Crippen LogP contribution < -0.4 is 10.9 Å². The van der Waals surface area contributed by atoms with Crippen LogP contribution in [0.2, 0.25) is 5.02 Å². The molecule has 7 heteroatoms. The maximum absolute atomic E-state index is 13.3. The van der Waals surface area contributed by atoms with Crippen LogP contribution in [-0.4, -0.2) is 20.9 Å². The van der Waals surface area contributed by atoms with E-state index in [-0.39, 0.29) is 10.6 Å². The van der Waals surface area contributed by atoms with E-state index in [1.807, 2.05) is 26.0 Å². The summed E-state index contributed by atoms with van der Waals surface area (Å²) < 4.78 is 1.51. The summed E-state index contributed by atoms with van der Waals surface area (Å²) >= 11 is 6.51. The summed E-state index contributed by atoms with van der Waals surface area (Å²) in [7, 11) is 0. The van der Waals surface area contributed by atoms with E-state index in [1.54, 1.807) is 6.20 Å². The highest BCUT2D eigenvalue weighted by Gasteiger charge is 2.62. The number of aliphatic carboxylic acids is 1. The molecule has 2 N–H and O–H groups in total. The van der Waals surface area contributed by atoms with E-state index in [2.05, 4.69) is 16.5 Å². The second-order valence-corrected chi connectivity index (χ2v) is 10.2. The Morgan fingerprint density at radius 3 is 2.40 bits per heavy atom. The molecule has 2 unspecified atom stereocenters. The summed E-state index contributed by atoms with van der Waals surface area (Å²) in [6, 6.07) is 6.06. The molecule has 30 heavy (non-hydrogen) atoms. The molecule has 1 aromatic heterocycles. The summed E-state index contributed by atoms with van der Waals surface area (Å²) in [5, 5.41) is 17.8. The first-order valence-electron chi connectivity index (χ1n) is 10.6. The number of benzene rings is 1. The number of carbonyl (C=O) groups is 1. The fourth-order valence-electron chi connectivity index (χ4n) is 6.77. The number of carboxylic acid groups (broad SMARTS) is 1. The van der Waals surface area contributed by atoms with Crippen LogP contribution >= 0.6 is 11.6 Å². The number of aryl methyl sites for hydroxylation is 2. The third-order valence-electron chi connectivity index (χ3n) is 7.35. The number of aromatic nitrogens is 2. The van der Waals surface area contributed by atoms with Gasteiger partial charge in [0.1, 0.15) is 5.02 Å². The van der Waals surface area contributed by atoms with E-state index in [0.717, 1.165) is 48.9 Å². The van der Waals surface area contributed by atoms with Crippen molar-refractivity contribution in [3.8, 4) is 0 Å². The zero-order chi connectivity index (χ0) is 21.3. The summed E-state index contributed by atoms with van der Waals surface area (Å²) in [5.41, 5.74) is 1.95. The van der Waals surface area contributed by atoms with Gasteiger partial charge >= 0.3 is 5.97 Å². The standard InChI is InChI=1S/C23H26ClN3O3/c1-13-3-14(2)5-17(4-13)26-18-11-25-27(20(28)19(18)24)23-9-15-6-16(10-23)8-22(7-15,12-23)21(29)30/h3-5,11,15-16,26H,6-10,12H2,1-2H3,(H,29,30). The van der Waals surface area contributed by atoms with Gasteiger partial charge < -0.3 is 10.4 Å². The fraction of sp³-hybridized carbons (Fsp3) is 0.522. The predicted molar refractivity (Wildman–Crippen MR) is 115 cm³/mol. The van der Waals surface area contributed by atoms with E-state index < -0.39 is 16.9 Å². The lowest BCUT2D eigenvalue weighted by Crippen LogP contribution is -2.61. The van der Waals surface area contributed by atoms with Crippen LogP contribution in [0.5, 0.6) is 0 Å². The lowest BCUT2D eigenvalue weighted by Gasteiger charge is -2.60. The van der Waals surface area contributed by atoms with Crippen LogP contribution in [0.1, 0.15) is 49.7 Å². The lowest BCUT2D eigenvalue weighted by molar-refractivity contribution is -0.173. The molecule has 0 saturated heterocycles. The van der Waals surface area contributed by atoms with Gasteiger partial charge in [-0.1, -0.05) is 17.7 Å². The maximum Gasteiger partial charge on any atom is 0.309 e. The minimum Gasteiger partial charge on any atom is -0.481 e. The monoisotopic (exact) mass is 427 g/mol.